The molecule has 0 aromatic heterocycles. The summed E-state index contributed by atoms with van der Waals surface area (Å²) in [6, 6.07) is 4.30. The zero-order valence-electron chi connectivity index (χ0n) is 10.4. The standard InChI is InChI=1S/C14H22ClN/c1-11-9-13(14(15)10-12(11)2)7-5-3-4-6-8-16/h9-10H,3-8,16H2,1-2H3. The molecule has 0 spiro atoms. The number of benzene rings is 1. The van der Waals surface area contributed by atoms with Gasteiger partial charge in [0, 0.05) is 5.02 Å². The minimum absolute atomic E-state index is 0.810. The van der Waals surface area contributed by atoms with E-state index in [1.165, 1.54) is 36.0 Å². The fourth-order valence-corrected chi connectivity index (χ4v) is 2.16. The minimum Gasteiger partial charge on any atom is -0.330 e. The van der Waals surface area contributed by atoms with Gasteiger partial charge in [0.05, 0.1) is 0 Å². The molecule has 1 aromatic rings. The Balaban J connectivity index is 2.45. The Bertz CT molecular complexity index is 334. The van der Waals surface area contributed by atoms with E-state index in [0.29, 0.717) is 0 Å². The van der Waals surface area contributed by atoms with E-state index in [2.05, 4.69) is 26.0 Å². The van der Waals surface area contributed by atoms with Crippen molar-refractivity contribution in [3.8, 4) is 0 Å². The van der Waals surface area contributed by atoms with E-state index in [4.69, 9.17) is 17.3 Å². The van der Waals surface area contributed by atoms with Gasteiger partial charge in [-0.2, -0.15) is 0 Å². The summed E-state index contributed by atoms with van der Waals surface area (Å²) in [5, 5.41) is 0.918. The van der Waals surface area contributed by atoms with Gasteiger partial charge in [0.1, 0.15) is 0 Å². The number of rotatable bonds is 6. The molecule has 16 heavy (non-hydrogen) atoms. The Morgan fingerprint density at radius 1 is 1.00 bits per heavy atom. The van der Waals surface area contributed by atoms with Gasteiger partial charge in [0.2, 0.25) is 0 Å². The van der Waals surface area contributed by atoms with E-state index in [0.717, 1.165) is 24.4 Å². The molecule has 2 heteroatoms. The summed E-state index contributed by atoms with van der Waals surface area (Å²) in [7, 11) is 0. The Kier molecular flexibility index (Phi) is 5.86. The van der Waals surface area contributed by atoms with E-state index in [1.54, 1.807) is 0 Å². The van der Waals surface area contributed by atoms with E-state index in [-0.39, 0.29) is 0 Å². The van der Waals surface area contributed by atoms with Crippen LogP contribution < -0.4 is 5.73 Å². The van der Waals surface area contributed by atoms with Crippen LogP contribution in [0.4, 0.5) is 0 Å². The van der Waals surface area contributed by atoms with Crippen LogP contribution in [0.1, 0.15) is 42.4 Å². The van der Waals surface area contributed by atoms with Crippen molar-refractivity contribution in [1.82, 2.24) is 0 Å². The second kappa shape index (κ2) is 6.93. The molecule has 1 aromatic carbocycles. The minimum atomic E-state index is 0.810. The number of aryl methyl sites for hydroxylation is 3. The topological polar surface area (TPSA) is 26.0 Å². The maximum atomic E-state index is 6.22. The van der Waals surface area contributed by atoms with Gasteiger partial charge in [-0.3, -0.25) is 0 Å². The lowest BCUT2D eigenvalue weighted by atomic mass is 10.0. The monoisotopic (exact) mass is 239 g/mol. The van der Waals surface area contributed by atoms with Crippen molar-refractivity contribution in [3.05, 3.63) is 33.8 Å². The first-order valence-corrected chi connectivity index (χ1v) is 6.48. The third-order valence-corrected chi connectivity index (χ3v) is 3.41. The number of unbranched alkanes of at least 4 members (excludes halogenated alkanes) is 3. The summed E-state index contributed by atoms with van der Waals surface area (Å²) < 4.78 is 0. The molecule has 0 aliphatic carbocycles. The molecular weight excluding hydrogens is 218 g/mol. The highest BCUT2D eigenvalue weighted by molar-refractivity contribution is 6.31. The van der Waals surface area contributed by atoms with Crippen LogP contribution in [-0.2, 0) is 6.42 Å². The molecule has 0 saturated carbocycles. The zero-order valence-corrected chi connectivity index (χ0v) is 11.1. The smallest absolute Gasteiger partial charge is 0.0440 e. The van der Waals surface area contributed by atoms with Crippen molar-refractivity contribution in [2.24, 2.45) is 5.73 Å². The van der Waals surface area contributed by atoms with Gasteiger partial charge >= 0.3 is 0 Å². The Morgan fingerprint density at radius 3 is 2.31 bits per heavy atom. The number of halogens is 1. The van der Waals surface area contributed by atoms with Gasteiger partial charge in [0.25, 0.3) is 0 Å². The second-order valence-electron chi connectivity index (χ2n) is 4.48. The quantitative estimate of drug-likeness (QED) is 0.746. The lowest BCUT2D eigenvalue weighted by Gasteiger charge is -2.08. The normalized spacial score (nSPS) is 10.8. The zero-order chi connectivity index (χ0) is 12.0. The molecule has 0 aliphatic rings. The Hall–Kier alpha value is -0.530. The van der Waals surface area contributed by atoms with Gasteiger partial charge < -0.3 is 5.73 Å². The van der Waals surface area contributed by atoms with Crippen molar-refractivity contribution in [2.45, 2.75) is 46.0 Å². The molecule has 0 bridgehead atoms. The molecule has 1 rings (SSSR count). The fourth-order valence-electron chi connectivity index (χ4n) is 1.85. The van der Waals surface area contributed by atoms with Gasteiger partial charge in [-0.15, -0.1) is 0 Å². The Morgan fingerprint density at radius 2 is 1.62 bits per heavy atom. The predicted molar refractivity (Wildman–Crippen MR) is 72.2 cm³/mol. The van der Waals surface area contributed by atoms with Gasteiger partial charge in [-0.25, -0.2) is 0 Å². The average Bonchev–Trinajstić information content (AvgIpc) is 2.25. The van der Waals surface area contributed by atoms with Crippen LogP contribution in [0, 0.1) is 13.8 Å². The van der Waals surface area contributed by atoms with Gasteiger partial charge in [0.15, 0.2) is 0 Å². The maximum absolute atomic E-state index is 6.22. The predicted octanol–water partition coefficient (Wildman–Crippen LogP) is 4.02. The van der Waals surface area contributed by atoms with Crippen molar-refractivity contribution < 1.29 is 0 Å². The molecule has 0 amide bonds. The largest absolute Gasteiger partial charge is 0.330 e. The molecule has 0 unspecified atom stereocenters. The highest BCUT2D eigenvalue weighted by atomic mass is 35.5. The maximum Gasteiger partial charge on any atom is 0.0440 e. The highest BCUT2D eigenvalue weighted by Crippen LogP contribution is 2.22. The summed E-state index contributed by atoms with van der Waals surface area (Å²) in [5.74, 6) is 0. The lowest BCUT2D eigenvalue weighted by Crippen LogP contribution is -1.98. The van der Waals surface area contributed by atoms with Crippen LogP contribution in [0.15, 0.2) is 12.1 Å². The van der Waals surface area contributed by atoms with Crippen LogP contribution in [0.2, 0.25) is 5.02 Å². The van der Waals surface area contributed by atoms with Crippen LogP contribution in [-0.4, -0.2) is 6.54 Å². The summed E-state index contributed by atoms with van der Waals surface area (Å²) in [5.41, 5.74) is 9.36. The molecule has 90 valence electrons. The van der Waals surface area contributed by atoms with Crippen molar-refractivity contribution in [1.29, 1.82) is 0 Å². The van der Waals surface area contributed by atoms with Crippen LogP contribution >= 0.6 is 11.6 Å². The summed E-state index contributed by atoms with van der Waals surface area (Å²) in [6.45, 7) is 5.06. The van der Waals surface area contributed by atoms with Crippen LogP contribution in [0.5, 0.6) is 0 Å². The van der Waals surface area contributed by atoms with Crippen LogP contribution in [0.25, 0.3) is 0 Å². The number of hydrogen-bond acceptors (Lipinski definition) is 1. The van der Waals surface area contributed by atoms with Crippen molar-refractivity contribution >= 4 is 11.6 Å². The summed E-state index contributed by atoms with van der Waals surface area (Å²) in [4.78, 5) is 0. The van der Waals surface area contributed by atoms with Crippen molar-refractivity contribution in [2.75, 3.05) is 6.54 Å². The van der Waals surface area contributed by atoms with E-state index in [1.807, 2.05) is 0 Å². The third-order valence-electron chi connectivity index (χ3n) is 3.06. The van der Waals surface area contributed by atoms with E-state index >= 15 is 0 Å². The first-order valence-electron chi connectivity index (χ1n) is 6.11. The number of nitrogens with two attached hydrogens (primary N) is 1. The molecule has 0 atom stereocenters. The second-order valence-corrected chi connectivity index (χ2v) is 4.89. The SMILES string of the molecule is Cc1cc(Cl)c(CCCCCCN)cc1C. The van der Waals surface area contributed by atoms with Crippen molar-refractivity contribution in [3.63, 3.8) is 0 Å². The highest BCUT2D eigenvalue weighted by Gasteiger charge is 2.03. The average molecular weight is 240 g/mol. The molecular formula is C14H22ClN. The third kappa shape index (κ3) is 4.15. The molecule has 0 saturated heterocycles. The summed E-state index contributed by atoms with van der Waals surface area (Å²) in [6.07, 6.45) is 5.92. The fraction of sp³-hybridized carbons (Fsp3) is 0.571. The molecule has 0 fully saturated rings. The lowest BCUT2D eigenvalue weighted by molar-refractivity contribution is 0.646. The molecule has 0 radical (unpaired) electrons. The van der Waals surface area contributed by atoms with Gasteiger partial charge in [-0.1, -0.05) is 30.5 Å². The Labute approximate surface area is 104 Å². The first-order chi connectivity index (χ1) is 7.65. The molecule has 0 heterocycles. The summed E-state index contributed by atoms with van der Waals surface area (Å²) >= 11 is 6.22. The van der Waals surface area contributed by atoms with Crippen LogP contribution in [0.3, 0.4) is 0 Å². The molecule has 1 nitrogen and oxygen atoms in total. The molecule has 0 aliphatic heterocycles. The van der Waals surface area contributed by atoms with E-state index in [9.17, 15) is 0 Å². The number of hydrogen-bond donors (Lipinski definition) is 1. The first kappa shape index (κ1) is 13.5. The molecule has 2 N–H and O–H groups in total. The van der Waals surface area contributed by atoms with E-state index < -0.39 is 0 Å². The van der Waals surface area contributed by atoms with Gasteiger partial charge in [-0.05, 0) is 62.4 Å².